The maximum Gasteiger partial charge on any atom is 0.192 e. The van der Waals surface area contributed by atoms with Crippen LogP contribution in [-0.4, -0.2) is 13.8 Å². The van der Waals surface area contributed by atoms with Crippen molar-refractivity contribution in [1.82, 2.24) is 0 Å². The van der Waals surface area contributed by atoms with Crippen molar-refractivity contribution in [3.05, 3.63) is 77.6 Å². The minimum absolute atomic E-state index is 1.04. The molecule has 0 fully saturated rings. The molecule has 0 heterocycles. The fourth-order valence-electron chi connectivity index (χ4n) is 1.79. The average molecular weight is 312 g/mol. The molecule has 0 aliphatic rings. The lowest BCUT2D eigenvalue weighted by Crippen LogP contribution is -2.28. The van der Waals surface area contributed by atoms with Crippen LogP contribution in [0.25, 0.3) is 6.08 Å². The number of hydrogen-bond donors (Lipinski definition) is 0. The van der Waals surface area contributed by atoms with Gasteiger partial charge in [-0.05, 0) is 39.2 Å². The monoisotopic (exact) mass is 312 g/mol. The second-order valence-electron chi connectivity index (χ2n) is 5.74. The summed E-state index contributed by atoms with van der Waals surface area (Å²) in [5.74, 6) is 2.15. The van der Waals surface area contributed by atoms with Gasteiger partial charge in [0.05, 0.1) is 5.48 Å². The maximum atomic E-state index is 6.25. The van der Waals surface area contributed by atoms with Crippen molar-refractivity contribution in [3.8, 4) is 0 Å². The highest BCUT2D eigenvalue weighted by Crippen LogP contribution is 2.18. The van der Waals surface area contributed by atoms with E-state index >= 15 is 0 Å². The van der Waals surface area contributed by atoms with E-state index in [4.69, 9.17) is 4.43 Å². The molecule has 0 spiro atoms. The van der Waals surface area contributed by atoms with Crippen LogP contribution in [0.4, 0.5) is 0 Å². The molecule has 0 saturated heterocycles. The van der Waals surface area contributed by atoms with E-state index in [1.165, 1.54) is 11.1 Å². The highest BCUT2D eigenvalue weighted by atomic mass is 31.1. The smallest absolute Gasteiger partial charge is 0.192 e. The minimum Gasteiger partial charge on any atom is -0.382 e. The zero-order valence-electron chi connectivity index (χ0n) is 12.8. The molecule has 0 amide bonds. The summed E-state index contributed by atoms with van der Waals surface area (Å²) < 4.78 is 6.25. The highest BCUT2D eigenvalue weighted by molar-refractivity contribution is 7.44. The largest absolute Gasteiger partial charge is 0.382 e. The van der Waals surface area contributed by atoms with E-state index in [9.17, 15) is 0 Å². The molecule has 0 aromatic heterocycles. The molecule has 0 radical (unpaired) electrons. The van der Waals surface area contributed by atoms with Crippen LogP contribution in [0.15, 0.2) is 66.5 Å². The van der Waals surface area contributed by atoms with Crippen LogP contribution in [0.1, 0.15) is 11.1 Å². The van der Waals surface area contributed by atoms with Gasteiger partial charge in [0.15, 0.2) is 8.32 Å². The van der Waals surface area contributed by atoms with Gasteiger partial charge in [0.2, 0.25) is 0 Å². The van der Waals surface area contributed by atoms with E-state index in [2.05, 4.69) is 80.1 Å². The van der Waals surface area contributed by atoms with Crippen molar-refractivity contribution in [2.24, 2.45) is 0 Å². The number of hydrogen-bond acceptors (Lipinski definition) is 1. The van der Waals surface area contributed by atoms with E-state index in [1.807, 2.05) is 12.1 Å². The predicted octanol–water partition coefficient (Wildman–Crippen LogP) is 5.63. The third-order valence-electron chi connectivity index (χ3n) is 2.68. The molecular weight excluding hydrogens is 291 g/mol. The second-order valence-corrected chi connectivity index (χ2v) is 11.1. The molecule has 0 aliphatic carbocycles. The molecule has 2 aromatic carbocycles. The Bertz CT molecular complexity index is 613. The van der Waals surface area contributed by atoms with E-state index in [0.717, 1.165) is 13.7 Å². The summed E-state index contributed by atoms with van der Waals surface area (Å²) in [4.78, 5) is 0. The molecule has 1 nitrogen and oxygen atoms in total. The topological polar surface area (TPSA) is 9.23 Å². The molecule has 0 N–H and O–H groups in total. The Morgan fingerprint density at radius 2 is 1.48 bits per heavy atom. The van der Waals surface area contributed by atoms with E-state index in [1.54, 1.807) is 0 Å². The van der Waals surface area contributed by atoms with Crippen LogP contribution in [0.2, 0.25) is 19.6 Å². The Labute approximate surface area is 130 Å². The summed E-state index contributed by atoms with van der Waals surface area (Å²) in [6.45, 7) is 6.64. The van der Waals surface area contributed by atoms with Crippen LogP contribution in [0.5, 0.6) is 0 Å². The third kappa shape index (κ3) is 5.80. The fraction of sp³-hybridized carbons (Fsp3) is 0.167. The molecule has 21 heavy (non-hydrogen) atoms. The summed E-state index contributed by atoms with van der Waals surface area (Å²) in [5.41, 5.74) is 3.42. The maximum absolute atomic E-state index is 6.25. The molecule has 2 rings (SSSR count). The average Bonchev–Trinajstić information content (AvgIpc) is 2.47. The van der Waals surface area contributed by atoms with Gasteiger partial charge in [-0.1, -0.05) is 66.7 Å². The molecule has 0 atom stereocenters. The lowest BCUT2D eigenvalue weighted by atomic mass is 10.2. The Hall–Kier alpha value is -1.47. The van der Waals surface area contributed by atoms with Crippen molar-refractivity contribution >= 4 is 28.1 Å². The Kier molecular flexibility index (Phi) is 5.69. The quantitative estimate of drug-likeness (QED) is 0.513. The fourth-order valence-corrected chi connectivity index (χ4v) is 4.20. The SMILES string of the molecule is C[Si](C)(C)OC(=PC=Cc1ccccc1)c1ccccc1. The zero-order chi connectivity index (χ0) is 15.1. The van der Waals surface area contributed by atoms with Gasteiger partial charge >= 0.3 is 0 Å². The van der Waals surface area contributed by atoms with Gasteiger partial charge in [0, 0.05) is 5.56 Å². The van der Waals surface area contributed by atoms with E-state index in [-0.39, 0.29) is 0 Å². The summed E-state index contributed by atoms with van der Waals surface area (Å²) in [5, 5.41) is 0. The standard InChI is InChI=1S/C18H21OPSi/c1-21(2,3)19-18(17-12-8-5-9-13-17)20-15-14-16-10-6-4-7-11-16/h4-15H,1-3H3. The summed E-state index contributed by atoms with van der Waals surface area (Å²) in [7, 11) is -0.514. The summed E-state index contributed by atoms with van der Waals surface area (Å²) in [6.07, 6.45) is 2.14. The van der Waals surface area contributed by atoms with Gasteiger partial charge in [0.1, 0.15) is 0 Å². The normalized spacial score (nSPS) is 12.8. The van der Waals surface area contributed by atoms with Crippen molar-refractivity contribution in [1.29, 1.82) is 0 Å². The third-order valence-corrected chi connectivity index (χ3v) is 4.55. The predicted molar refractivity (Wildman–Crippen MR) is 97.4 cm³/mol. The van der Waals surface area contributed by atoms with Crippen LogP contribution < -0.4 is 0 Å². The Morgan fingerprint density at radius 3 is 2.05 bits per heavy atom. The van der Waals surface area contributed by atoms with Crippen molar-refractivity contribution < 1.29 is 4.43 Å². The van der Waals surface area contributed by atoms with Gasteiger partial charge in [-0.25, -0.2) is 0 Å². The molecule has 0 aliphatic heterocycles. The van der Waals surface area contributed by atoms with Crippen molar-refractivity contribution in [2.45, 2.75) is 19.6 Å². The van der Waals surface area contributed by atoms with Crippen LogP contribution in [0.3, 0.4) is 0 Å². The first-order valence-corrected chi connectivity index (χ1v) is 11.5. The Morgan fingerprint density at radius 1 is 0.905 bits per heavy atom. The van der Waals surface area contributed by atoms with Crippen molar-refractivity contribution in [2.75, 3.05) is 0 Å². The molecule has 0 saturated carbocycles. The van der Waals surface area contributed by atoms with Gasteiger partial charge < -0.3 is 4.43 Å². The molecule has 3 heteroatoms. The van der Waals surface area contributed by atoms with Crippen LogP contribution >= 0.6 is 8.20 Å². The Balaban J connectivity index is 2.23. The zero-order valence-corrected chi connectivity index (χ0v) is 14.7. The molecule has 0 bridgehead atoms. The number of rotatable bonds is 5. The first-order valence-electron chi connectivity index (χ1n) is 7.08. The summed E-state index contributed by atoms with van der Waals surface area (Å²) >= 11 is 0. The van der Waals surface area contributed by atoms with Crippen LogP contribution in [0, 0.1) is 0 Å². The van der Waals surface area contributed by atoms with E-state index < -0.39 is 8.32 Å². The lowest BCUT2D eigenvalue weighted by molar-refractivity contribution is 0.567. The lowest BCUT2D eigenvalue weighted by Gasteiger charge is -2.19. The first kappa shape index (κ1) is 15.9. The van der Waals surface area contributed by atoms with Crippen molar-refractivity contribution in [3.63, 3.8) is 0 Å². The minimum atomic E-state index is -1.61. The molecule has 2 aromatic rings. The molecular formula is C18H21OPSi. The second kappa shape index (κ2) is 7.51. The van der Waals surface area contributed by atoms with Gasteiger partial charge in [0.25, 0.3) is 0 Å². The highest BCUT2D eigenvalue weighted by Gasteiger charge is 2.17. The van der Waals surface area contributed by atoms with Gasteiger partial charge in [-0.3, -0.25) is 0 Å². The first-order chi connectivity index (χ1) is 10.0. The van der Waals surface area contributed by atoms with Crippen LogP contribution in [-0.2, 0) is 4.43 Å². The summed E-state index contributed by atoms with van der Waals surface area (Å²) in [6, 6.07) is 20.7. The number of benzene rings is 2. The molecule has 0 unspecified atom stereocenters. The van der Waals surface area contributed by atoms with Gasteiger partial charge in [-0.15, -0.1) is 0 Å². The van der Waals surface area contributed by atoms with E-state index in [0.29, 0.717) is 0 Å². The van der Waals surface area contributed by atoms with Gasteiger partial charge in [-0.2, -0.15) is 0 Å². The molecule has 108 valence electrons.